The number of nitrogens with one attached hydrogen (secondary N) is 2. The summed E-state index contributed by atoms with van der Waals surface area (Å²) in [5.74, 6) is 0.229. The topological polar surface area (TPSA) is 87.3 Å². The van der Waals surface area contributed by atoms with Crippen LogP contribution >= 0.6 is 0 Å². The number of H-pyrrole nitrogens is 1. The van der Waals surface area contributed by atoms with Gasteiger partial charge in [-0.05, 0) is 43.9 Å². The third kappa shape index (κ3) is 4.96. The predicted octanol–water partition coefficient (Wildman–Crippen LogP) is 4.25. The molecule has 29 heavy (non-hydrogen) atoms. The van der Waals surface area contributed by atoms with E-state index in [1.165, 1.54) is 5.56 Å². The molecular formula is C22H30N4O3. The van der Waals surface area contributed by atoms with Crippen molar-refractivity contribution in [1.82, 2.24) is 15.1 Å². The zero-order valence-electron chi connectivity index (χ0n) is 18.0. The number of hydrogen-bond donors (Lipinski definition) is 2. The van der Waals surface area contributed by atoms with E-state index in [0.717, 1.165) is 11.3 Å². The highest BCUT2D eigenvalue weighted by atomic mass is 16.6. The summed E-state index contributed by atoms with van der Waals surface area (Å²) < 4.78 is 5.47. The lowest BCUT2D eigenvalue weighted by Gasteiger charge is -2.30. The molecule has 7 nitrogen and oxygen atoms in total. The number of carbonyl (C=O) groups excluding carboxylic acids is 2. The van der Waals surface area contributed by atoms with Crippen molar-refractivity contribution in [3.05, 3.63) is 46.6 Å². The minimum Gasteiger partial charge on any atom is -0.444 e. The van der Waals surface area contributed by atoms with E-state index in [1.807, 2.05) is 45.0 Å². The van der Waals surface area contributed by atoms with Gasteiger partial charge in [-0.3, -0.25) is 9.89 Å². The number of aromatic nitrogens is 2. The highest BCUT2D eigenvalue weighted by Crippen LogP contribution is 2.26. The van der Waals surface area contributed by atoms with Crippen molar-refractivity contribution in [2.45, 2.75) is 65.5 Å². The fraction of sp³-hybridized carbons (Fsp3) is 0.500. The monoisotopic (exact) mass is 398 g/mol. The number of ether oxygens (including phenoxy) is 1. The molecule has 2 heterocycles. The minimum atomic E-state index is -0.552. The zero-order chi connectivity index (χ0) is 21.4. The molecule has 0 radical (unpaired) electrons. The SMILES string of the molecule is CC(C)(C)OC(=O)N1CCc2[nH]nc(NC(=O)c3ccc(C(C)(C)C)cc3)c2C1. The highest BCUT2D eigenvalue weighted by molar-refractivity contribution is 6.04. The lowest BCUT2D eigenvalue weighted by atomic mass is 9.87. The van der Waals surface area contributed by atoms with Crippen LogP contribution in [0.3, 0.4) is 0 Å². The number of aromatic amines is 1. The zero-order valence-corrected chi connectivity index (χ0v) is 18.0. The number of nitrogens with zero attached hydrogens (tertiary/aromatic N) is 2. The summed E-state index contributed by atoms with van der Waals surface area (Å²) in [5, 5.41) is 10.1. The van der Waals surface area contributed by atoms with Crippen LogP contribution in [0.1, 0.15) is 68.7 Å². The fourth-order valence-electron chi connectivity index (χ4n) is 3.18. The molecule has 0 spiro atoms. The van der Waals surface area contributed by atoms with E-state index >= 15 is 0 Å². The summed E-state index contributed by atoms with van der Waals surface area (Å²) in [6.45, 7) is 12.8. The van der Waals surface area contributed by atoms with Gasteiger partial charge in [-0.15, -0.1) is 0 Å². The Morgan fingerprint density at radius 3 is 2.34 bits per heavy atom. The van der Waals surface area contributed by atoms with Gasteiger partial charge in [-0.1, -0.05) is 32.9 Å². The first-order valence-corrected chi connectivity index (χ1v) is 9.90. The van der Waals surface area contributed by atoms with Gasteiger partial charge in [0.1, 0.15) is 5.60 Å². The van der Waals surface area contributed by atoms with Crippen molar-refractivity contribution in [1.29, 1.82) is 0 Å². The van der Waals surface area contributed by atoms with Crippen LogP contribution < -0.4 is 5.32 Å². The first-order valence-electron chi connectivity index (χ1n) is 9.90. The van der Waals surface area contributed by atoms with Crippen LogP contribution in [0.2, 0.25) is 0 Å². The molecule has 7 heteroatoms. The Morgan fingerprint density at radius 1 is 1.10 bits per heavy atom. The third-order valence-corrected chi connectivity index (χ3v) is 4.83. The molecule has 156 valence electrons. The number of benzene rings is 1. The third-order valence-electron chi connectivity index (χ3n) is 4.83. The quantitative estimate of drug-likeness (QED) is 0.791. The molecule has 1 aromatic carbocycles. The molecule has 0 fully saturated rings. The Bertz CT molecular complexity index is 902. The maximum atomic E-state index is 12.7. The Labute approximate surface area is 171 Å². The van der Waals surface area contributed by atoms with Crippen LogP contribution in [-0.2, 0) is 23.1 Å². The molecule has 1 aliphatic heterocycles. The maximum Gasteiger partial charge on any atom is 0.410 e. The summed E-state index contributed by atoms with van der Waals surface area (Å²) in [4.78, 5) is 26.7. The second-order valence-electron chi connectivity index (χ2n) is 9.46. The molecule has 0 atom stereocenters. The van der Waals surface area contributed by atoms with Crippen LogP contribution in [0, 0.1) is 0 Å². The Balaban J connectivity index is 1.72. The highest BCUT2D eigenvalue weighted by Gasteiger charge is 2.29. The van der Waals surface area contributed by atoms with Crippen LogP contribution in [0.5, 0.6) is 0 Å². The van der Waals surface area contributed by atoms with Crippen molar-refractivity contribution < 1.29 is 14.3 Å². The van der Waals surface area contributed by atoms with Crippen molar-refractivity contribution >= 4 is 17.8 Å². The lowest BCUT2D eigenvalue weighted by molar-refractivity contribution is 0.0224. The molecule has 0 saturated heterocycles. The summed E-state index contributed by atoms with van der Waals surface area (Å²) in [6, 6.07) is 7.59. The van der Waals surface area contributed by atoms with E-state index in [0.29, 0.717) is 30.9 Å². The predicted molar refractivity (Wildman–Crippen MR) is 112 cm³/mol. The van der Waals surface area contributed by atoms with E-state index in [4.69, 9.17) is 4.74 Å². The van der Waals surface area contributed by atoms with E-state index < -0.39 is 5.60 Å². The van der Waals surface area contributed by atoms with Crippen molar-refractivity contribution in [3.8, 4) is 0 Å². The van der Waals surface area contributed by atoms with Crippen LogP contribution in [0.4, 0.5) is 10.6 Å². The second kappa shape index (κ2) is 7.54. The summed E-state index contributed by atoms with van der Waals surface area (Å²) in [5.41, 5.74) is 2.96. The van der Waals surface area contributed by atoms with Gasteiger partial charge in [0.05, 0.1) is 6.54 Å². The van der Waals surface area contributed by atoms with Gasteiger partial charge >= 0.3 is 6.09 Å². The number of carbonyl (C=O) groups is 2. The lowest BCUT2D eigenvalue weighted by Crippen LogP contribution is -2.40. The smallest absolute Gasteiger partial charge is 0.410 e. The van der Waals surface area contributed by atoms with Gasteiger partial charge in [0.15, 0.2) is 5.82 Å². The van der Waals surface area contributed by atoms with Crippen molar-refractivity contribution in [3.63, 3.8) is 0 Å². The van der Waals surface area contributed by atoms with Gasteiger partial charge in [-0.2, -0.15) is 5.10 Å². The molecule has 2 N–H and O–H groups in total. The van der Waals surface area contributed by atoms with Gasteiger partial charge in [-0.25, -0.2) is 4.79 Å². The summed E-state index contributed by atoms with van der Waals surface area (Å²) in [7, 11) is 0. The Morgan fingerprint density at radius 2 is 1.76 bits per heavy atom. The van der Waals surface area contributed by atoms with Gasteiger partial charge in [0, 0.05) is 29.8 Å². The number of amides is 2. The average Bonchev–Trinajstić information content (AvgIpc) is 3.02. The molecule has 1 aliphatic rings. The minimum absolute atomic E-state index is 0.0292. The summed E-state index contributed by atoms with van der Waals surface area (Å²) in [6.07, 6.45) is 0.275. The summed E-state index contributed by atoms with van der Waals surface area (Å²) >= 11 is 0. The molecule has 1 aromatic heterocycles. The fourth-order valence-corrected chi connectivity index (χ4v) is 3.18. The largest absolute Gasteiger partial charge is 0.444 e. The molecule has 2 aromatic rings. The first-order chi connectivity index (χ1) is 13.4. The second-order valence-corrected chi connectivity index (χ2v) is 9.46. The molecule has 0 bridgehead atoms. The number of rotatable bonds is 2. The molecule has 0 unspecified atom stereocenters. The van der Waals surface area contributed by atoms with Crippen LogP contribution in [0.15, 0.2) is 24.3 Å². The molecule has 0 aliphatic carbocycles. The standard InChI is InChI=1S/C22H30N4O3/c1-21(2,3)15-9-7-14(8-10-15)19(27)23-18-16-13-26(12-11-17(16)24-25-18)20(28)29-22(4,5)6/h7-10H,11-13H2,1-6H3,(H2,23,24,25,27). The molecule has 0 saturated carbocycles. The average molecular weight is 399 g/mol. The molecule has 2 amide bonds. The maximum absolute atomic E-state index is 12.7. The van der Waals surface area contributed by atoms with Crippen LogP contribution in [-0.4, -0.2) is 39.2 Å². The van der Waals surface area contributed by atoms with E-state index in [9.17, 15) is 9.59 Å². The number of hydrogen-bond acceptors (Lipinski definition) is 4. The van der Waals surface area contributed by atoms with E-state index in [-0.39, 0.29) is 17.4 Å². The first kappa shape index (κ1) is 20.9. The van der Waals surface area contributed by atoms with Crippen LogP contribution in [0.25, 0.3) is 0 Å². The molecule has 3 rings (SSSR count). The Hall–Kier alpha value is -2.83. The number of fused-ring (bicyclic) bond motifs is 1. The van der Waals surface area contributed by atoms with E-state index in [1.54, 1.807) is 4.90 Å². The number of anilines is 1. The van der Waals surface area contributed by atoms with Crippen molar-refractivity contribution in [2.75, 3.05) is 11.9 Å². The molecular weight excluding hydrogens is 368 g/mol. The van der Waals surface area contributed by atoms with Gasteiger partial charge < -0.3 is 15.0 Å². The van der Waals surface area contributed by atoms with Crippen molar-refractivity contribution in [2.24, 2.45) is 0 Å². The Kier molecular flexibility index (Phi) is 5.43. The van der Waals surface area contributed by atoms with E-state index in [2.05, 4.69) is 36.3 Å². The van der Waals surface area contributed by atoms with Gasteiger partial charge in [0.25, 0.3) is 5.91 Å². The van der Waals surface area contributed by atoms with Gasteiger partial charge in [0.2, 0.25) is 0 Å². The normalized spacial score (nSPS) is 14.3.